The Balaban J connectivity index is 1.70. The van der Waals surface area contributed by atoms with Gasteiger partial charge in [0.2, 0.25) is 0 Å². The minimum Gasteiger partial charge on any atom is -0.478 e. The van der Waals surface area contributed by atoms with E-state index in [9.17, 15) is 0 Å². The molecule has 0 amide bonds. The normalized spacial score (nSPS) is 15.7. The fraction of sp³-hybridized carbons (Fsp3) is 0.222. The number of rotatable bonds is 3. The molecule has 0 aromatic heterocycles. The van der Waals surface area contributed by atoms with Crippen LogP contribution in [0.1, 0.15) is 29.9 Å². The summed E-state index contributed by atoms with van der Waals surface area (Å²) >= 11 is 0. The number of fused-ring (bicyclic) bond motifs is 3. The molecule has 2 aliphatic carbocycles. The minimum absolute atomic E-state index is 0.292. The standard InChI is InChI=1S/C18H17NO/c19-18(12-9-10-12)20-11-17-15-7-3-1-5-13(15)14-6-2-4-8-16(14)17/h1-8,17H,9-11,19H2. The Morgan fingerprint density at radius 2 is 1.50 bits per heavy atom. The van der Waals surface area contributed by atoms with Gasteiger partial charge in [0.25, 0.3) is 0 Å². The van der Waals surface area contributed by atoms with E-state index in [2.05, 4.69) is 48.5 Å². The molecule has 0 atom stereocenters. The van der Waals surface area contributed by atoms with Crippen LogP contribution in [0.15, 0.2) is 60.0 Å². The van der Waals surface area contributed by atoms with Crippen LogP contribution in [0.4, 0.5) is 0 Å². The maximum Gasteiger partial charge on any atom is 0.183 e. The van der Waals surface area contributed by atoms with Crippen molar-refractivity contribution in [1.29, 1.82) is 0 Å². The van der Waals surface area contributed by atoms with E-state index in [1.54, 1.807) is 0 Å². The molecule has 0 radical (unpaired) electrons. The highest BCUT2D eigenvalue weighted by molar-refractivity contribution is 5.78. The minimum atomic E-state index is 0.292. The van der Waals surface area contributed by atoms with Crippen LogP contribution in [-0.4, -0.2) is 6.61 Å². The third kappa shape index (κ3) is 1.80. The van der Waals surface area contributed by atoms with E-state index in [1.807, 2.05) is 0 Å². The summed E-state index contributed by atoms with van der Waals surface area (Å²) in [6, 6.07) is 17.2. The van der Waals surface area contributed by atoms with Gasteiger partial charge in [-0.1, -0.05) is 48.5 Å². The molecular weight excluding hydrogens is 246 g/mol. The fourth-order valence-corrected chi connectivity index (χ4v) is 3.02. The highest BCUT2D eigenvalue weighted by atomic mass is 16.5. The van der Waals surface area contributed by atoms with Crippen LogP contribution in [0.25, 0.3) is 11.1 Å². The molecule has 2 N–H and O–H groups in total. The molecule has 2 aromatic carbocycles. The van der Waals surface area contributed by atoms with Crippen molar-refractivity contribution < 1.29 is 4.74 Å². The van der Waals surface area contributed by atoms with Crippen LogP contribution in [0.2, 0.25) is 0 Å². The highest BCUT2D eigenvalue weighted by Gasteiger charge is 2.29. The number of nitrogens with two attached hydrogens (primary N) is 1. The zero-order valence-electron chi connectivity index (χ0n) is 11.3. The molecule has 4 rings (SSSR count). The first-order valence-electron chi connectivity index (χ1n) is 7.13. The molecule has 2 aromatic rings. The van der Waals surface area contributed by atoms with Crippen molar-refractivity contribution in [3.05, 3.63) is 71.1 Å². The van der Waals surface area contributed by atoms with Gasteiger partial charge in [0.15, 0.2) is 5.88 Å². The highest BCUT2D eigenvalue weighted by Crippen LogP contribution is 2.44. The lowest BCUT2D eigenvalue weighted by atomic mass is 9.98. The predicted molar refractivity (Wildman–Crippen MR) is 80.1 cm³/mol. The summed E-state index contributed by atoms with van der Waals surface area (Å²) in [6.07, 6.45) is 2.20. The molecule has 0 saturated heterocycles. The molecule has 0 heterocycles. The molecule has 20 heavy (non-hydrogen) atoms. The van der Waals surface area contributed by atoms with Crippen LogP contribution >= 0.6 is 0 Å². The van der Waals surface area contributed by atoms with Gasteiger partial charge < -0.3 is 10.5 Å². The van der Waals surface area contributed by atoms with Gasteiger partial charge in [0, 0.05) is 5.92 Å². The van der Waals surface area contributed by atoms with Gasteiger partial charge in [0.05, 0.1) is 0 Å². The van der Waals surface area contributed by atoms with Gasteiger partial charge >= 0.3 is 0 Å². The Bertz CT molecular complexity index is 651. The first-order chi connectivity index (χ1) is 9.84. The van der Waals surface area contributed by atoms with Crippen molar-refractivity contribution in [2.24, 2.45) is 5.73 Å². The monoisotopic (exact) mass is 263 g/mol. The smallest absolute Gasteiger partial charge is 0.183 e. The Hall–Kier alpha value is -2.22. The van der Waals surface area contributed by atoms with Crippen LogP contribution in [0.5, 0.6) is 0 Å². The van der Waals surface area contributed by atoms with Gasteiger partial charge in [-0.2, -0.15) is 0 Å². The van der Waals surface area contributed by atoms with Crippen LogP contribution < -0.4 is 5.73 Å². The van der Waals surface area contributed by atoms with E-state index in [0.717, 1.165) is 12.8 Å². The molecule has 0 spiro atoms. The predicted octanol–water partition coefficient (Wildman–Crippen LogP) is 3.78. The van der Waals surface area contributed by atoms with E-state index in [0.29, 0.717) is 18.4 Å². The molecule has 1 saturated carbocycles. The maximum absolute atomic E-state index is 5.95. The molecular formula is C18H17NO. The quantitative estimate of drug-likeness (QED) is 0.855. The largest absolute Gasteiger partial charge is 0.478 e. The van der Waals surface area contributed by atoms with E-state index in [1.165, 1.54) is 27.8 Å². The second-order valence-electron chi connectivity index (χ2n) is 5.51. The summed E-state index contributed by atoms with van der Waals surface area (Å²) < 4.78 is 5.82. The van der Waals surface area contributed by atoms with Gasteiger partial charge in [-0.05, 0) is 40.7 Å². The third-order valence-electron chi connectivity index (χ3n) is 4.22. The SMILES string of the molecule is NC(OCC1c2ccccc2-c2ccccc21)=C1CC1. The first-order valence-corrected chi connectivity index (χ1v) is 7.13. The van der Waals surface area contributed by atoms with Gasteiger partial charge in [-0.3, -0.25) is 0 Å². The summed E-state index contributed by atoms with van der Waals surface area (Å²) in [4.78, 5) is 0. The van der Waals surface area contributed by atoms with Gasteiger partial charge in [0.1, 0.15) is 6.61 Å². The Morgan fingerprint density at radius 1 is 0.950 bits per heavy atom. The van der Waals surface area contributed by atoms with Crippen molar-refractivity contribution in [2.75, 3.05) is 6.61 Å². The van der Waals surface area contributed by atoms with Crippen molar-refractivity contribution in [1.82, 2.24) is 0 Å². The summed E-state index contributed by atoms with van der Waals surface area (Å²) in [7, 11) is 0. The molecule has 2 aliphatic rings. The molecule has 0 unspecified atom stereocenters. The molecule has 0 aliphatic heterocycles. The molecule has 1 fully saturated rings. The number of allylic oxidation sites excluding steroid dienone is 1. The van der Waals surface area contributed by atoms with Gasteiger partial charge in [-0.25, -0.2) is 0 Å². The van der Waals surface area contributed by atoms with Crippen molar-refractivity contribution >= 4 is 0 Å². The van der Waals surface area contributed by atoms with E-state index >= 15 is 0 Å². The third-order valence-corrected chi connectivity index (χ3v) is 4.22. The van der Waals surface area contributed by atoms with Crippen LogP contribution in [-0.2, 0) is 4.74 Å². The number of ether oxygens (including phenoxy) is 1. The second kappa shape index (κ2) is 4.41. The van der Waals surface area contributed by atoms with E-state index in [4.69, 9.17) is 10.5 Å². The first kappa shape index (κ1) is 11.6. The summed E-state index contributed by atoms with van der Waals surface area (Å²) in [5.41, 5.74) is 12.6. The second-order valence-corrected chi connectivity index (χ2v) is 5.51. The number of hydrogen-bond acceptors (Lipinski definition) is 2. The lowest BCUT2D eigenvalue weighted by Gasteiger charge is -2.15. The Labute approximate surface area is 118 Å². The van der Waals surface area contributed by atoms with Crippen molar-refractivity contribution in [3.63, 3.8) is 0 Å². The lowest BCUT2D eigenvalue weighted by Crippen LogP contribution is -2.11. The summed E-state index contributed by atoms with van der Waals surface area (Å²) in [6.45, 7) is 0.628. The van der Waals surface area contributed by atoms with E-state index < -0.39 is 0 Å². The number of benzene rings is 2. The van der Waals surface area contributed by atoms with Crippen LogP contribution in [0, 0.1) is 0 Å². The Morgan fingerprint density at radius 3 is 2.05 bits per heavy atom. The topological polar surface area (TPSA) is 35.2 Å². The Kier molecular flexibility index (Phi) is 2.56. The number of hydrogen-bond donors (Lipinski definition) is 1. The zero-order chi connectivity index (χ0) is 13.5. The molecule has 2 heteroatoms. The van der Waals surface area contributed by atoms with Crippen molar-refractivity contribution in [3.8, 4) is 11.1 Å². The average molecular weight is 263 g/mol. The van der Waals surface area contributed by atoms with E-state index in [-0.39, 0.29) is 0 Å². The molecule has 100 valence electrons. The lowest BCUT2D eigenvalue weighted by molar-refractivity contribution is 0.199. The molecule has 0 bridgehead atoms. The fourth-order valence-electron chi connectivity index (χ4n) is 3.02. The maximum atomic E-state index is 5.95. The average Bonchev–Trinajstić information content (AvgIpc) is 3.29. The zero-order valence-corrected chi connectivity index (χ0v) is 11.3. The van der Waals surface area contributed by atoms with Crippen molar-refractivity contribution in [2.45, 2.75) is 18.8 Å². The summed E-state index contributed by atoms with van der Waals surface area (Å²) in [5.74, 6) is 0.937. The van der Waals surface area contributed by atoms with Gasteiger partial charge in [-0.15, -0.1) is 0 Å². The molecule has 2 nitrogen and oxygen atoms in total. The van der Waals surface area contributed by atoms with Crippen LogP contribution in [0.3, 0.4) is 0 Å². The summed E-state index contributed by atoms with van der Waals surface area (Å²) in [5, 5.41) is 0.